The molecule has 0 bridgehead atoms. The molecule has 0 saturated carbocycles. The molecule has 0 radical (unpaired) electrons. The number of aliphatic hydroxyl groups is 1. The average molecular weight is 202 g/mol. The number of carbonyl (C=O) groups is 1. The molecule has 0 heterocycles. The van der Waals surface area contributed by atoms with Crippen LogP contribution in [0.1, 0.15) is 28.9 Å². The minimum Gasteiger partial charge on any atom is -0.478 e. The van der Waals surface area contributed by atoms with E-state index in [-0.39, 0.29) is 5.56 Å². The zero-order chi connectivity index (χ0) is 10.9. The summed E-state index contributed by atoms with van der Waals surface area (Å²) < 4.78 is 25.7. The van der Waals surface area contributed by atoms with Gasteiger partial charge in [-0.2, -0.15) is 0 Å². The quantitative estimate of drug-likeness (QED) is 0.767. The van der Waals surface area contributed by atoms with Crippen molar-refractivity contribution in [2.75, 3.05) is 0 Å². The predicted octanol–water partition coefficient (Wildman–Crippen LogP) is 1.72. The van der Waals surface area contributed by atoms with Gasteiger partial charge in [0.05, 0.1) is 11.7 Å². The summed E-state index contributed by atoms with van der Waals surface area (Å²) in [5.74, 6) is -4.26. The molecule has 1 rings (SSSR count). The molecule has 14 heavy (non-hydrogen) atoms. The molecule has 1 atom stereocenters. The van der Waals surface area contributed by atoms with Crippen LogP contribution in [0.25, 0.3) is 0 Å². The van der Waals surface area contributed by atoms with E-state index in [1.54, 1.807) is 0 Å². The van der Waals surface area contributed by atoms with Gasteiger partial charge in [0.25, 0.3) is 0 Å². The number of aromatic carboxylic acids is 1. The molecule has 0 saturated heterocycles. The Morgan fingerprint density at radius 1 is 1.43 bits per heavy atom. The van der Waals surface area contributed by atoms with Gasteiger partial charge in [-0.1, -0.05) is 0 Å². The first kappa shape index (κ1) is 10.6. The highest BCUT2D eigenvalue weighted by molar-refractivity contribution is 5.88. The fourth-order valence-corrected chi connectivity index (χ4v) is 1.01. The van der Waals surface area contributed by atoms with Crippen molar-refractivity contribution < 1.29 is 23.8 Å². The molecule has 0 aliphatic carbocycles. The topological polar surface area (TPSA) is 57.5 Å². The minimum absolute atomic E-state index is 0.0290. The maximum absolute atomic E-state index is 12.9. The van der Waals surface area contributed by atoms with Crippen LogP contribution in [0.2, 0.25) is 0 Å². The third-order valence-corrected chi connectivity index (χ3v) is 1.76. The van der Waals surface area contributed by atoms with Crippen LogP contribution in [0, 0.1) is 11.6 Å². The fraction of sp³-hybridized carbons (Fsp3) is 0.222. The summed E-state index contributed by atoms with van der Waals surface area (Å²) in [6, 6.07) is 1.68. The van der Waals surface area contributed by atoms with Gasteiger partial charge >= 0.3 is 5.97 Å². The minimum atomic E-state index is -1.57. The molecule has 76 valence electrons. The number of aliphatic hydroxyl groups excluding tert-OH is 1. The number of hydrogen-bond donors (Lipinski definition) is 2. The predicted molar refractivity (Wildman–Crippen MR) is 44.0 cm³/mol. The van der Waals surface area contributed by atoms with Gasteiger partial charge < -0.3 is 10.2 Å². The summed E-state index contributed by atoms with van der Waals surface area (Å²) in [7, 11) is 0. The standard InChI is InChI=1S/C9H8F2O3/c1-4(12)5-2-6(9(13)14)8(11)7(10)3-5/h2-4,12H,1H3,(H,13,14). The third kappa shape index (κ3) is 1.88. The van der Waals surface area contributed by atoms with E-state index in [1.165, 1.54) is 6.92 Å². The Hall–Kier alpha value is -1.49. The summed E-state index contributed by atoms with van der Waals surface area (Å²) in [5.41, 5.74) is -0.748. The summed E-state index contributed by atoms with van der Waals surface area (Å²) in [4.78, 5) is 10.5. The normalized spacial score (nSPS) is 12.6. The first-order valence-corrected chi connectivity index (χ1v) is 3.83. The van der Waals surface area contributed by atoms with Gasteiger partial charge in [0.1, 0.15) is 0 Å². The van der Waals surface area contributed by atoms with Gasteiger partial charge in [-0.05, 0) is 24.6 Å². The van der Waals surface area contributed by atoms with Crippen molar-refractivity contribution in [3.63, 3.8) is 0 Å². The molecule has 1 aromatic rings. The lowest BCUT2D eigenvalue weighted by atomic mass is 10.1. The highest BCUT2D eigenvalue weighted by atomic mass is 19.2. The van der Waals surface area contributed by atoms with E-state index in [0.717, 1.165) is 12.1 Å². The highest BCUT2D eigenvalue weighted by Crippen LogP contribution is 2.19. The van der Waals surface area contributed by atoms with Crippen LogP contribution in [-0.4, -0.2) is 16.2 Å². The number of carboxylic acids is 1. The lowest BCUT2D eigenvalue weighted by molar-refractivity contribution is 0.0690. The van der Waals surface area contributed by atoms with Crippen molar-refractivity contribution >= 4 is 5.97 Å². The fourth-order valence-electron chi connectivity index (χ4n) is 1.01. The Labute approximate surface area is 78.6 Å². The molecule has 2 N–H and O–H groups in total. The first-order chi connectivity index (χ1) is 6.43. The molecule has 0 spiro atoms. The Morgan fingerprint density at radius 2 is 2.00 bits per heavy atom. The van der Waals surface area contributed by atoms with Crippen molar-refractivity contribution in [3.05, 3.63) is 34.9 Å². The lowest BCUT2D eigenvalue weighted by Crippen LogP contribution is -2.05. The molecule has 0 aromatic heterocycles. The summed E-state index contributed by atoms with van der Waals surface area (Å²) in [6.45, 7) is 1.33. The van der Waals surface area contributed by atoms with Crippen molar-refractivity contribution in [3.8, 4) is 0 Å². The molecular weight excluding hydrogens is 194 g/mol. The Bertz CT molecular complexity index is 375. The van der Waals surface area contributed by atoms with E-state index < -0.39 is 29.3 Å². The molecule has 1 aromatic carbocycles. The third-order valence-electron chi connectivity index (χ3n) is 1.76. The second-order valence-electron chi connectivity index (χ2n) is 2.85. The summed E-state index contributed by atoms with van der Waals surface area (Å²) in [6.07, 6.45) is -1.04. The SMILES string of the molecule is CC(O)c1cc(F)c(F)c(C(=O)O)c1. The zero-order valence-corrected chi connectivity index (χ0v) is 7.29. The number of benzene rings is 1. The van der Waals surface area contributed by atoms with E-state index in [0.29, 0.717) is 0 Å². The number of carboxylic acid groups (broad SMARTS) is 1. The maximum Gasteiger partial charge on any atom is 0.338 e. The van der Waals surface area contributed by atoms with Gasteiger partial charge in [-0.15, -0.1) is 0 Å². The summed E-state index contributed by atoms with van der Waals surface area (Å²) >= 11 is 0. The first-order valence-electron chi connectivity index (χ1n) is 3.83. The van der Waals surface area contributed by atoms with Crippen LogP contribution >= 0.6 is 0 Å². The van der Waals surface area contributed by atoms with Crippen molar-refractivity contribution in [1.29, 1.82) is 0 Å². The Morgan fingerprint density at radius 3 is 2.43 bits per heavy atom. The van der Waals surface area contributed by atoms with Crippen LogP contribution < -0.4 is 0 Å². The van der Waals surface area contributed by atoms with Crippen molar-refractivity contribution in [1.82, 2.24) is 0 Å². The van der Waals surface area contributed by atoms with E-state index in [4.69, 9.17) is 10.2 Å². The summed E-state index contributed by atoms with van der Waals surface area (Å²) in [5, 5.41) is 17.6. The molecule has 1 unspecified atom stereocenters. The Balaban J connectivity index is 3.35. The average Bonchev–Trinajstić information content (AvgIpc) is 2.08. The molecule has 5 heteroatoms. The van der Waals surface area contributed by atoms with Gasteiger partial charge in [0, 0.05) is 0 Å². The molecule has 0 fully saturated rings. The lowest BCUT2D eigenvalue weighted by Gasteiger charge is -2.07. The molecule has 0 aliphatic heterocycles. The van der Waals surface area contributed by atoms with E-state index in [2.05, 4.69) is 0 Å². The smallest absolute Gasteiger partial charge is 0.338 e. The van der Waals surface area contributed by atoms with Crippen LogP contribution in [0.5, 0.6) is 0 Å². The zero-order valence-electron chi connectivity index (χ0n) is 7.29. The van der Waals surface area contributed by atoms with Crippen molar-refractivity contribution in [2.24, 2.45) is 0 Å². The number of hydrogen-bond acceptors (Lipinski definition) is 2. The second-order valence-corrected chi connectivity index (χ2v) is 2.85. The maximum atomic E-state index is 12.9. The van der Waals surface area contributed by atoms with Gasteiger partial charge in [0.15, 0.2) is 11.6 Å². The largest absolute Gasteiger partial charge is 0.478 e. The van der Waals surface area contributed by atoms with E-state index in [9.17, 15) is 13.6 Å². The van der Waals surface area contributed by atoms with E-state index >= 15 is 0 Å². The molecular formula is C9H8F2O3. The van der Waals surface area contributed by atoms with Gasteiger partial charge in [-0.3, -0.25) is 0 Å². The van der Waals surface area contributed by atoms with Crippen LogP contribution in [-0.2, 0) is 0 Å². The van der Waals surface area contributed by atoms with Crippen molar-refractivity contribution in [2.45, 2.75) is 13.0 Å². The second kappa shape index (κ2) is 3.71. The Kier molecular flexibility index (Phi) is 2.81. The molecule has 3 nitrogen and oxygen atoms in total. The molecule has 0 aliphatic rings. The van der Waals surface area contributed by atoms with Crippen LogP contribution in [0.15, 0.2) is 12.1 Å². The van der Waals surface area contributed by atoms with Gasteiger partial charge in [0.2, 0.25) is 0 Å². The highest BCUT2D eigenvalue weighted by Gasteiger charge is 2.17. The number of rotatable bonds is 2. The van der Waals surface area contributed by atoms with Crippen LogP contribution in [0.3, 0.4) is 0 Å². The monoisotopic (exact) mass is 202 g/mol. The van der Waals surface area contributed by atoms with E-state index in [1.807, 2.05) is 0 Å². The molecule has 0 amide bonds. The number of halogens is 2. The van der Waals surface area contributed by atoms with Crippen LogP contribution in [0.4, 0.5) is 8.78 Å². The van der Waals surface area contributed by atoms with Gasteiger partial charge in [-0.25, -0.2) is 13.6 Å².